The Kier molecular flexibility index (Phi) is 4.65. The van der Waals surface area contributed by atoms with Crippen LogP contribution in [0.1, 0.15) is 25.7 Å². The Morgan fingerprint density at radius 1 is 1.13 bits per heavy atom. The average Bonchev–Trinajstić information content (AvgIpc) is 2.75. The molecule has 0 amide bonds. The summed E-state index contributed by atoms with van der Waals surface area (Å²) in [6.07, 6.45) is 4.73. The van der Waals surface area contributed by atoms with Gasteiger partial charge in [0.2, 0.25) is 10.0 Å². The second-order valence-electron chi connectivity index (χ2n) is 6.24. The van der Waals surface area contributed by atoms with Crippen LogP contribution in [0.15, 0.2) is 29.2 Å². The minimum atomic E-state index is -3.54. The van der Waals surface area contributed by atoms with E-state index in [1.165, 1.54) is 47.8 Å². The molecule has 7 nitrogen and oxygen atoms in total. The normalized spacial score (nSPS) is 23.9. The first kappa shape index (κ1) is 16.4. The van der Waals surface area contributed by atoms with Crippen LogP contribution in [0.25, 0.3) is 0 Å². The second-order valence-corrected chi connectivity index (χ2v) is 8.18. The Morgan fingerprint density at radius 2 is 1.83 bits per heavy atom. The molecule has 1 atom stereocenters. The number of rotatable bonds is 4. The molecule has 2 saturated heterocycles. The molecule has 0 aromatic heterocycles. The van der Waals surface area contributed by atoms with Crippen molar-refractivity contribution in [1.82, 2.24) is 9.62 Å². The number of nitrogens with one attached hydrogen (secondary N) is 1. The third-order valence-corrected chi connectivity index (χ3v) is 6.57. The molecule has 23 heavy (non-hydrogen) atoms. The van der Waals surface area contributed by atoms with E-state index in [4.69, 9.17) is 0 Å². The molecule has 0 aliphatic carbocycles. The van der Waals surface area contributed by atoms with Gasteiger partial charge in [0.25, 0.3) is 5.69 Å². The number of hydrogen-bond acceptors (Lipinski definition) is 5. The summed E-state index contributed by atoms with van der Waals surface area (Å²) in [5.41, 5.74) is -0.104. The van der Waals surface area contributed by atoms with Crippen molar-refractivity contribution >= 4 is 15.7 Å². The highest BCUT2D eigenvalue weighted by atomic mass is 32.2. The first-order valence-corrected chi connectivity index (χ1v) is 9.40. The van der Waals surface area contributed by atoms with E-state index in [-0.39, 0.29) is 10.6 Å². The molecule has 0 spiro atoms. The summed E-state index contributed by atoms with van der Waals surface area (Å²) in [4.78, 5) is 10.2. The lowest BCUT2D eigenvalue weighted by Crippen LogP contribution is -2.57. The number of nitro benzene ring substituents is 1. The standard InChI is InChI=1S/C15H21N3O4S/c19-18(20)13-5-7-14(8-6-13)23(21,22)17-10-12(11-17)15-4-2-1-3-9-16-15/h5-8,12,15-16H,1-4,9-11H2. The van der Waals surface area contributed by atoms with Crippen molar-refractivity contribution in [3.8, 4) is 0 Å². The van der Waals surface area contributed by atoms with Gasteiger partial charge in [0.05, 0.1) is 9.82 Å². The summed E-state index contributed by atoms with van der Waals surface area (Å²) in [5, 5.41) is 14.2. The zero-order valence-electron chi connectivity index (χ0n) is 12.8. The molecule has 2 heterocycles. The van der Waals surface area contributed by atoms with E-state index in [1.807, 2.05) is 0 Å². The molecule has 2 aliphatic heterocycles. The molecule has 0 bridgehead atoms. The summed E-state index contributed by atoms with van der Waals surface area (Å²) in [6, 6.07) is 5.49. The quantitative estimate of drug-likeness (QED) is 0.666. The van der Waals surface area contributed by atoms with Gasteiger partial charge in [-0.05, 0) is 31.5 Å². The van der Waals surface area contributed by atoms with E-state index >= 15 is 0 Å². The van der Waals surface area contributed by atoms with E-state index < -0.39 is 14.9 Å². The first-order valence-electron chi connectivity index (χ1n) is 7.96. The summed E-state index contributed by atoms with van der Waals surface area (Å²) in [7, 11) is -3.54. The van der Waals surface area contributed by atoms with Crippen molar-refractivity contribution in [2.75, 3.05) is 19.6 Å². The molecule has 1 unspecified atom stereocenters. The van der Waals surface area contributed by atoms with E-state index in [2.05, 4.69) is 5.32 Å². The van der Waals surface area contributed by atoms with E-state index in [9.17, 15) is 18.5 Å². The van der Waals surface area contributed by atoms with Crippen molar-refractivity contribution in [2.24, 2.45) is 5.92 Å². The fourth-order valence-electron chi connectivity index (χ4n) is 3.27. The van der Waals surface area contributed by atoms with Crippen molar-refractivity contribution < 1.29 is 13.3 Å². The van der Waals surface area contributed by atoms with E-state index in [1.54, 1.807) is 0 Å². The Labute approximate surface area is 135 Å². The molecule has 1 aromatic rings. The zero-order valence-corrected chi connectivity index (χ0v) is 13.7. The Morgan fingerprint density at radius 3 is 2.48 bits per heavy atom. The molecule has 8 heteroatoms. The van der Waals surface area contributed by atoms with Crippen LogP contribution in [0, 0.1) is 16.0 Å². The lowest BCUT2D eigenvalue weighted by atomic mass is 9.91. The van der Waals surface area contributed by atoms with Gasteiger partial charge in [-0.15, -0.1) is 0 Å². The number of benzene rings is 1. The molecular weight excluding hydrogens is 318 g/mol. The molecule has 1 N–H and O–H groups in total. The van der Waals surface area contributed by atoms with Crippen molar-refractivity contribution in [2.45, 2.75) is 36.6 Å². The van der Waals surface area contributed by atoms with Gasteiger partial charge in [-0.3, -0.25) is 10.1 Å². The molecule has 2 aliphatic rings. The molecule has 0 radical (unpaired) electrons. The minimum Gasteiger partial charge on any atom is -0.314 e. The zero-order chi connectivity index (χ0) is 16.4. The lowest BCUT2D eigenvalue weighted by Gasteiger charge is -2.42. The monoisotopic (exact) mass is 339 g/mol. The molecular formula is C15H21N3O4S. The lowest BCUT2D eigenvalue weighted by molar-refractivity contribution is -0.384. The van der Waals surface area contributed by atoms with Crippen molar-refractivity contribution in [1.29, 1.82) is 0 Å². The third-order valence-electron chi connectivity index (χ3n) is 4.73. The van der Waals surface area contributed by atoms with E-state index in [0.29, 0.717) is 25.0 Å². The largest absolute Gasteiger partial charge is 0.314 e. The first-order chi connectivity index (χ1) is 11.0. The topological polar surface area (TPSA) is 92.5 Å². The third kappa shape index (κ3) is 3.39. The van der Waals surface area contributed by atoms with Gasteiger partial charge in [0, 0.05) is 37.2 Å². The summed E-state index contributed by atoms with van der Waals surface area (Å²) < 4.78 is 26.5. The highest BCUT2D eigenvalue weighted by Crippen LogP contribution is 2.30. The van der Waals surface area contributed by atoms with Crippen molar-refractivity contribution in [3.63, 3.8) is 0 Å². The summed E-state index contributed by atoms with van der Waals surface area (Å²) >= 11 is 0. The maximum absolute atomic E-state index is 12.5. The minimum absolute atomic E-state index is 0.104. The molecule has 0 saturated carbocycles. The SMILES string of the molecule is O=[N+]([O-])c1ccc(S(=O)(=O)N2CC(C3CCCCCN3)C2)cc1. The van der Waals surface area contributed by atoms with Crippen LogP contribution in [0.2, 0.25) is 0 Å². The van der Waals surface area contributed by atoms with Crippen LogP contribution in [-0.2, 0) is 10.0 Å². The van der Waals surface area contributed by atoms with E-state index in [0.717, 1.165) is 13.0 Å². The maximum Gasteiger partial charge on any atom is 0.269 e. The fraction of sp³-hybridized carbons (Fsp3) is 0.600. The predicted octanol–water partition coefficient (Wildman–Crippen LogP) is 1.75. The van der Waals surface area contributed by atoms with Gasteiger partial charge in [-0.2, -0.15) is 4.31 Å². The van der Waals surface area contributed by atoms with Gasteiger partial charge in [0.1, 0.15) is 0 Å². The average molecular weight is 339 g/mol. The second kappa shape index (κ2) is 6.54. The summed E-state index contributed by atoms with van der Waals surface area (Å²) in [5.74, 6) is 0.362. The van der Waals surface area contributed by atoms with Gasteiger partial charge in [0.15, 0.2) is 0 Å². The van der Waals surface area contributed by atoms with Crippen LogP contribution in [-0.4, -0.2) is 43.3 Å². The molecule has 1 aromatic carbocycles. The smallest absolute Gasteiger partial charge is 0.269 e. The number of non-ortho nitro benzene ring substituents is 1. The number of nitro groups is 1. The van der Waals surface area contributed by atoms with Crippen LogP contribution < -0.4 is 5.32 Å². The van der Waals surface area contributed by atoms with Gasteiger partial charge in [-0.25, -0.2) is 8.42 Å². The molecule has 3 rings (SSSR count). The van der Waals surface area contributed by atoms with Gasteiger partial charge < -0.3 is 5.32 Å². The fourth-order valence-corrected chi connectivity index (χ4v) is 4.82. The highest BCUT2D eigenvalue weighted by Gasteiger charge is 2.40. The number of nitrogens with zero attached hydrogens (tertiary/aromatic N) is 2. The molecule has 126 valence electrons. The summed E-state index contributed by atoms with van der Waals surface area (Å²) in [6.45, 7) is 2.06. The maximum atomic E-state index is 12.5. The van der Waals surface area contributed by atoms with Crippen LogP contribution in [0.3, 0.4) is 0 Å². The number of sulfonamides is 1. The highest BCUT2D eigenvalue weighted by molar-refractivity contribution is 7.89. The van der Waals surface area contributed by atoms with Gasteiger partial charge >= 0.3 is 0 Å². The van der Waals surface area contributed by atoms with Crippen LogP contribution in [0.5, 0.6) is 0 Å². The van der Waals surface area contributed by atoms with Crippen LogP contribution in [0.4, 0.5) is 5.69 Å². The Balaban J connectivity index is 1.64. The van der Waals surface area contributed by atoms with Crippen LogP contribution >= 0.6 is 0 Å². The predicted molar refractivity (Wildman–Crippen MR) is 85.6 cm³/mol. The number of hydrogen-bond donors (Lipinski definition) is 1. The Bertz CT molecular complexity index is 660. The van der Waals surface area contributed by atoms with Gasteiger partial charge in [-0.1, -0.05) is 12.8 Å². The Hall–Kier alpha value is -1.51. The van der Waals surface area contributed by atoms with Crippen molar-refractivity contribution in [3.05, 3.63) is 34.4 Å². The molecule has 2 fully saturated rings.